The van der Waals surface area contributed by atoms with Gasteiger partial charge in [-0.3, -0.25) is 0 Å². The van der Waals surface area contributed by atoms with Crippen LogP contribution in [0, 0.1) is 5.41 Å². The summed E-state index contributed by atoms with van der Waals surface area (Å²) in [5, 5.41) is 28.2. The van der Waals surface area contributed by atoms with Crippen molar-refractivity contribution < 1.29 is 53.7 Å². The van der Waals surface area contributed by atoms with Crippen LogP contribution in [0.1, 0.15) is 50.5 Å². The van der Waals surface area contributed by atoms with Crippen molar-refractivity contribution in [2.75, 3.05) is 13.2 Å². The number of benzene rings is 4. The van der Waals surface area contributed by atoms with E-state index in [1.807, 2.05) is 13.8 Å². The molecule has 228 valence electrons. The fourth-order valence-electron chi connectivity index (χ4n) is 3.86. The van der Waals surface area contributed by atoms with Gasteiger partial charge < -0.3 is 34.4 Å². The maximum absolute atomic E-state index is 12.5. The summed E-state index contributed by atoms with van der Waals surface area (Å²) >= 11 is 0. The van der Waals surface area contributed by atoms with Crippen molar-refractivity contribution in [2.24, 2.45) is 5.41 Å². The zero-order valence-electron chi connectivity index (χ0n) is 23.9. The second-order valence-electron chi connectivity index (χ2n) is 10.4. The van der Waals surface area contributed by atoms with Gasteiger partial charge in [-0.25, -0.2) is 14.4 Å². The Morgan fingerprint density at radius 2 is 1.20 bits per heavy atom. The molecule has 0 saturated heterocycles. The standard InChI is InChI=1S/C33H30O11/c1-33(2,20-41-24-10-14-26(15-11-24)44-42-18-21-5-3-4-6-27(21)30(35)36)19-40-23-8-12-25(13-9-23)43-32(39)29-17-22(34)7-16-28(29)31(37)38/h3-17,34H,18-20H2,1-2H3,(H,35,36)(H,37,38). The van der Waals surface area contributed by atoms with Crippen LogP contribution in [0.3, 0.4) is 0 Å². The Kier molecular flexibility index (Phi) is 10.0. The predicted octanol–water partition coefficient (Wildman–Crippen LogP) is 6.00. The number of ether oxygens (including phenoxy) is 3. The molecule has 11 nitrogen and oxygen atoms in total. The van der Waals surface area contributed by atoms with Crippen molar-refractivity contribution in [1.82, 2.24) is 0 Å². The fourth-order valence-corrected chi connectivity index (χ4v) is 3.86. The maximum atomic E-state index is 12.5. The first-order valence-corrected chi connectivity index (χ1v) is 13.4. The lowest BCUT2D eigenvalue weighted by Crippen LogP contribution is -2.28. The number of carboxylic acids is 2. The van der Waals surface area contributed by atoms with Gasteiger partial charge in [0, 0.05) is 5.41 Å². The molecule has 0 aliphatic carbocycles. The number of hydrogen-bond donors (Lipinski definition) is 3. The molecule has 0 saturated carbocycles. The molecular formula is C33H30O11. The first-order chi connectivity index (χ1) is 21.0. The van der Waals surface area contributed by atoms with E-state index in [4.69, 9.17) is 24.0 Å². The Bertz CT molecular complexity index is 1610. The molecule has 0 fully saturated rings. The molecule has 4 rings (SSSR count). The molecule has 11 heteroatoms. The van der Waals surface area contributed by atoms with Gasteiger partial charge in [0.15, 0.2) is 5.75 Å². The summed E-state index contributed by atoms with van der Waals surface area (Å²) < 4.78 is 17.1. The molecule has 0 aliphatic heterocycles. The monoisotopic (exact) mass is 602 g/mol. The zero-order chi connectivity index (χ0) is 31.7. The van der Waals surface area contributed by atoms with E-state index in [0.29, 0.717) is 36.0 Å². The van der Waals surface area contributed by atoms with E-state index < -0.39 is 17.9 Å². The number of carbonyl (C=O) groups excluding carboxylic acids is 1. The van der Waals surface area contributed by atoms with Crippen molar-refractivity contribution in [3.8, 4) is 28.7 Å². The predicted molar refractivity (Wildman–Crippen MR) is 156 cm³/mol. The molecule has 3 N–H and O–H groups in total. The normalized spacial score (nSPS) is 11.0. The average Bonchev–Trinajstić information content (AvgIpc) is 3.00. The van der Waals surface area contributed by atoms with Gasteiger partial charge >= 0.3 is 17.9 Å². The van der Waals surface area contributed by atoms with Gasteiger partial charge in [0.25, 0.3) is 0 Å². The number of aromatic carboxylic acids is 2. The number of esters is 1. The smallest absolute Gasteiger partial charge is 0.344 e. The first kappa shape index (κ1) is 31.4. The van der Waals surface area contributed by atoms with Crippen LogP contribution in [0.2, 0.25) is 0 Å². The van der Waals surface area contributed by atoms with Crippen LogP contribution in [-0.4, -0.2) is 46.4 Å². The van der Waals surface area contributed by atoms with Crippen LogP contribution in [-0.2, 0) is 11.5 Å². The highest BCUT2D eigenvalue weighted by atomic mass is 17.2. The van der Waals surface area contributed by atoms with Gasteiger partial charge in [0.05, 0.1) is 29.9 Å². The molecule has 0 unspecified atom stereocenters. The minimum Gasteiger partial charge on any atom is -0.508 e. The average molecular weight is 603 g/mol. The van der Waals surface area contributed by atoms with Crippen LogP contribution in [0.4, 0.5) is 0 Å². The molecule has 0 aliphatic rings. The van der Waals surface area contributed by atoms with Gasteiger partial charge in [-0.15, -0.1) is 0 Å². The third-order valence-electron chi connectivity index (χ3n) is 6.19. The molecule has 0 bridgehead atoms. The first-order valence-electron chi connectivity index (χ1n) is 13.4. The Morgan fingerprint density at radius 3 is 1.80 bits per heavy atom. The molecule has 0 atom stereocenters. The molecule has 4 aromatic rings. The van der Waals surface area contributed by atoms with Gasteiger partial charge in [-0.2, -0.15) is 4.89 Å². The third kappa shape index (κ3) is 8.73. The largest absolute Gasteiger partial charge is 0.508 e. The second kappa shape index (κ2) is 14.1. The quantitative estimate of drug-likeness (QED) is 0.0672. The summed E-state index contributed by atoms with van der Waals surface area (Å²) in [6.07, 6.45) is 0. The molecule has 0 heterocycles. The Morgan fingerprint density at radius 1 is 0.659 bits per heavy atom. The number of aromatic hydroxyl groups is 1. The molecule has 0 spiro atoms. The van der Waals surface area contributed by atoms with Gasteiger partial charge in [-0.1, -0.05) is 32.0 Å². The van der Waals surface area contributed by atoms with E-state index in [1.165, 1.54) is 24.3 Å². The maximum Gasteiger partial charge on any atom is 0.344 e. The highest BCUT2D eigenvalue weighted by molar-refractivity contribution is 6.03. The van der Waals surface area contributed by atoms with Crippen molar-refractivity contribution in [3.63, 3.8) is 0 Å². The number of rotatable bonds is 14. The highest BCUT2D eigenvalue weighted by Crippen LogP contribution is 2.25. The van der Waals surface area contributed by atoms with Gasteiger partial charge in [0.1, 0.15) is 29.6 Å². The number of carboxylic acid groups (broad SMARTS) is 2. The van der Waals surface area contributed by atoms with Crippen LogP contribution in [0.15, 0.2) is 91.0 Å². The second-order valence-corrected chi connectivity index (χ2v) is 10.4. The Balaban J connectivity index is 1.22. The molecule has 0 aromatic heterocycles. The molecule has 4 aromatic carbocycles. The van der Waals surface area contributed by atoms with E-state index in [2.05, 4.69) is 0 Å². The minimum absolute atomic E-state index is 0.0322. The Hall–Kier alpha value is -5.55. The van der Waals surface area contributed by atoms with Gasteiger partial charge in [-0.05, 0) is 78.4 Å². The van der Waals surface area contributed by atoms with E-state index in [0.717, 1.165) is 12.1 Å². The zero-order valence-corrected chi connectivity index (χ0v) is 23.9. The van der Waals surface area contributed by atoms with Crippen LogP contribution >= 0.6 is 0 Å². The topological polar surface area (TPSA) is 158 Å². The molecule has 44 heavy (non-hydrogen) atoms. The summed E-state index contributed by atoms with van der Waals surface area (Å²) in [5.74, 6) is -1.81. The summed E-state index contributed by atoms with van der Waals surface area (Å²) in [4.78, 5) is 45.7. The van der Waals surface area contributed by atoms with Gasteiger partial charge in [0.2, 0.25) is 0 Å². The number of carbonyl (C=O) groups is 3. The minimum atomic E-state index is -1.32. The highest BCUT2D eigenvalue weighted by Gasteiger charge is 2.22. The van der Waals surface area contributed by atoms with E-state index in [1.54, 1.807) is 54.6 Å². The van der Waals surface area contributed by atoms with E-state index in [-0.39, 0.29) is 40.2 Å². The lowest BCUT2D eigenvalue weighted by molar-refractivity contribution is -0.217. The SMILES string of the molecule is CC(C)(COc1ccc(OOCc2ccccc2C(=O)O)cc1)COc1ccc(OC(=O)c2cc(O)ccc2C(=O)O)cc1. The van der Waals surface area contributed by atoms with Crippen molar-refractivity contribution in [3.05, 3.63) is 113 Å². The molecule has 0 radical (unpaired) electrons. The van der Waals surface area contributed by atoms with Crippen molar-refractivity contribution in [1.29, 1.82) is 0 Å². The number of hydrogen-bond acceptors (Lipinski definition) is 9. The van der Waals surface area contributed by atoms with Crippen LogP contribution in [0.5, 0.6) is 28.7 Å². The number of phenols is 1. The van der Waals surface area contributed by atoms with Crippen molar-refractivity contribution in [2.45, 2.75) is 20.5 Å². The van der Waals surface area contributed by atoms with Crippen LogP contribution < -0.4 is 19.1 Å². The van der Waals surface area contributed by atoms with Crippen molar-refractivity contribution >= 4 is 17.9 Å². The summed E-state index contributed by atoms with van der Waals surface area (Å²) in [6.45, 7) is 4.55. The lowest BCUT2D eigenvalue weighted by Gasteiger charge is -2.25. The summed E-state index contributed by atoms with van der Waals surface area (Å²) in [7, 11) is 0. The summed E-state index contributed by atoms with van der Waals surface area (Å²) in [5.41, 5.74) is -0.303. The molecule has 0 amide bonds. The third-order valence-corrected chi connectivity index (χ3v) is 6.19. The van der Waals surface area contributed by atoms with E-state index in [9.17, 15) is 29.7 Å². The summed E-state index contributed by atoms with van der Waals surface area (Å²) in [6, 6.07) is 22.9. The van der Waals surface area contributed by atoms with E-state index >= 15 is 0 Å². The Labute approximate surface area is 252 Å². The van der Waals surface area contributed by atoms with Crippen LogP contribution in [0.25, 0.3) is 0 Å². The fraction of sp³-hybridized carbons (Fsp3) is 0.182. The lowest BCUT2D eigenvalue weighted by atomic mass is 9.96. The molecular weight excluding hydrogens is 572 g/mol. The number of phenolic OH excluding ortho intramolecular Hbond substituents is 1.